The summed E-state index contributed by atoms with van der Waals surface area (Å²) >= 11 is 6.25. The van der Waals surface area contributed by atoms with E-state index < -0.39 is 10.5 Å². The summed E-state index contributed by atoms with van der Waals surface area (Å²) in [5.41, 5.74) is 0.244. The largest absolute Gasteiger partial charge is 0.370 e. The van der Waals surface area contributed by atoms with Gasteiger partial charge in [-0.1, -0.05) is 11.6 Å². The van der Waals surface area contributed by atoms with Gasteiger partial charge < -0.3 is 9.80 Å². The second-order valence-electron chi connectivity index (χ2n) is 6.24. The number of likely N-dealkylation sites (N-methyl/N-ethyl adjacent to an activating group) is 1. The zero-order chi connectivity index (χ0) is 19.6. The van der Waals surface area contributed by atoms with Crippen molar-refractivity contribution >= 4 is 28.9 Å². The normalized spacial score (nSPS) is 13.9. The topological polar surface area (TPSA) is 102 Å². The number of non-ortho nitro benzene ring substituents is 1. The lowest BCUT2D eigenvalue weighted by Gasteiger charge is -2.24. The molecule has 0 unspecified atom stereocenters. The zero-order valence-electron chi connectivity index (χ0n) is 14.7. The van der Waals surface area contributed by atoms with Gasteiger partial charge in [0.2, 0.25) is 5.91 Å². The van der Waals surface area contributed by atoms with Crippen LogP contribution in [0.4, 0.5) is 11.4 Å². The lowest BCUT2D eigenvalue weighted by Crippen LogP contribution is -2.35. The molecule has 1 fully saturated rings. The van der Waals surface area contributed by atoms with Crippen LogP contribution >= 0.6 is 11.6 Å². The molecule has 1 amide bonds. The lowest BCUT2D eigenvalue weighted by molar-refractivity contribution is -0.384. The van der Waals surface area contributed by atoms with Gasteiger partial charge in [0.25, 0.3) is 11.2 Å². The fourth-order valence-electron chi connectivity index (χ4n) is 2.92. The highest BCUT2D eigenvalue weighted by atomic mass is 35.5. The minimum Gasteiger partial charge on any atom is -0.370 e. The molecule has 1 aliphatic heterocycles. The van der Waals surface area contributed by atoms with Gasteiger partial charge in [0.1, 0.15) is 5.02 Å². The van der Waals surface area contributed by atoms with Gasteiger partial charge in [-0.2, -0.15) is 9.78 Å². The number of hydrogen-bond acceptors (Lipinski definition) is 6. The number of benzene rings is 1. The smallest absolute Gasteiger partial charge is 0.292 e. The lowest BCUT2D eigenvalue weighted by atomic mass is 10.3. The summed E-state index contributed by atoms with van der Waals surface area (Å²) in [6, 6.07) is 5.46. The van der Waals surface area contributed by atoms with Gasteiger partial charge in [0.15, 0.2) is 0 Å². The summed E-state index contributed by atoms with van der Waals surface area (Å²) in [5.74, 6) is 0.140. The predicted octanol–water partition coefficient (Wildman–Crippen LogP) is 1.85. The van der Waals surface area contributed by atoms with E-state index in [-0.39, 0.29) is 16.6 Å². The van der Waals surface area contributed by atoms with Crippen LogP contribution in [0.3, 0.4) is 0 Å². The van der Waals surface area contributed by atoms with Gasteiger partial charge in [-0.05, 0) is 18.6 Å². The molecular weight excluding hydrogens is 374 g/mol. The molecule has 3 rings (SSSR count). The summed E-state index contributed by atoms with van der Waals surface area (Å²) in [4.78, 5) is 38.0. The molecule has 10 heteroatoms. The van der Waals surface area contributed by atoms with Gasteiger partial charge >= 0.3 is 0 Å². The van der Waals surface area contributed by atoms with Crippen molar-refractivity contribution in [1.29, 1.82) is 0 Å². The number of carbonyl (C=O) groups is 1. The quantitative estimate of drug-likeness (QED) is 0.550. The summed E-state index contributed by atoms with van der Waals surface area (Å²) in [6.07, 6.45) is 2.92. The Hall–Kier alpha value is -2.94. The van der Waals surface area contributed by atoms with E-state index in [9.17, 15) is 19.7 Å². The van der Waals surface area contributed by atoms with Crippen molar-refractivity contribution < 1.29 is 9.72 Å². The molecular formula is C17H18ClN5O4. The first kappa shape index (κ1) is 18.8. The van der Waals surface area contributed by atoms with Crippen LogP contribution < -0.4 is 10.5 Å². The molecule has 0 N–H and O–H groups in total. The van der Waals surface area contributed by atoms with E-state index in [1.165, 1.54) is 30.5 Å². The minimum atomic E-state index is -0.521. The fourth-order valence-corrected chi connectivity index (χ4v) is 3.19. The Bertz CT molecular complexity index is 928. The predicted molar refractivity (Wildman–Crippen MR) is 101 cm³/mol. The monoisotopic (exact) mass is 391 g/mol. The molecule has 142 valence electrons. The molecule has 0 spiro atoms. The number of halogens is 1. The number of hydrogen-bond donors (Lipinski definition) is 0. The average molecular weight is 392 g/mol. The molecule has 0 saturated carbocycles. The maximum atomic E-state index is 12.6. The summed E-state index contributed by atoms with van der Waals surface area (Å²) in [5, 5.41) is 14.9. The van der Waals surface area contributed by atoms with Crippen LogP contribution in [0.5, 0.6) is 0 Å². The van der Waals surface area contributed by atoms with Crippen molar-refractivity contribution in [3.05, 3.63) is 56.0 Å². The molecule has 0 aliphatic carbocycles. The van der Waals surface area contributed by atoms with Gasteiger partial charge in [-0.3, -0.25) is 19.7 Å². The molecule has 1 aromatic carbocycles. The Morgan fingerprint density at radius 3 is 2.59 bits per heavy atom. The molecule has 1 saturated heterocycles. The van der Waals surface area contributed by atoms with E-state index in [2.05, 4.69) is 5.10 Å². The second-order valence-corrected chi connectivity index (χ2v) is 6.62. The molecule has 1 aromatic heterocycles. The average Bonchev–Trinajstić information content (AvgIpc) is 3.07. The highest BCUT2D eigenvalue weighted by molar-refractivity contribution is 6.33. The third-order valence-electron chi connectivity index (χ3n) is 4.49. The molecule has 2 aromatic rings. The third-order valence-corrected chi connectivity index (χ3v) is 4.85. The number of nitrogens with zero attached hydrogens (tertiary/aromatic N) is 5. The van der Waals surface area contributed by atoms with Crippen LogP contribution in [0.25, 0.3) is 5.69 Å². The molecule has 0 bridgehead atoms. The Morgan fingerprint density at radius 2 is 2.00 bits per heavy atom. The van der Waals surface area contributed by atoms with Gasteiger partial charge in [-0.15, -0.1) is 0 Å². The molecule has 0 radical (unpaired) electrons. The van der Waals surface area contributed by atoms with Crippen molar-refractivity contribution in [2.24, 2.45) is 0 Å². The van der Waals surface area contributed by atoms with E-state index in [0.29, 0.717) is 30.9 Å². The summed E-state index contributed by atoms with van der Waals surface area (Å²) < 4.78 is 1.09. The summed E-state index contributed by atoms with van der Waals surface area (Å²) in [6.45, 7) is 1.83. The van der Waals surface area contributed by atoms with E-state index in [1.54, 1.807) is 16.8 Å². The maximum absolute atomic E-state index is 12.6. The number of rotatable bonds is 6. The first-order valence-electron chi connectivity index (χ1n) is 8.40. The Kier molecular flexibility index (Phi) is 5.41. The van der Waals surface area contributed by atoms with E-state index >= 15 is 0 Å². The number of amides is 1. The van der Waals surface area contributed by atoms with Crippen LogP contribution in [0.2, 0.25) is 5.02 Å². The summed E-state index contributed by atoms with van der Waals surface area (Å²) in [7, 11) is 1.78. The number of aromatic nitrogens is 2. The van der Waals surface area contributed by atoms with E-state index in [4.69, 9.17) is 11.6 Å². The maximum Gasteiger partial charge on any atom is 0.292 e. The number of likely N-dealkylation sites (tertiary alicyclic amines) is 1. The Morgan fingerprint density at radius 1 is 1.30 bits per heavy atom. The highest BCUT2D eigenvalue weighted by Gasteiger charge is 2.21. The minimum absolute atomic E-state index is 0.00130. The van der Waals surface area contributed by atoms with Crippen LogP contribution in [0.1, 0.15) is 12.8 Å². The van der Waals surface area contributed by atoms with Crippen molar-refractivity contribution in [3.63, 3.8) is 0 Å². The fraction of sp³-hybridized carbons (Fsp3) is 0.353. The van der Waals surface area contributed by atoms with Gasteiger partial charge in [0, 0.05) is 45.2 Å². The molecule has 1 aliphatic rings. The first-order valence-corrected chi connectivity index (χ1v) is 8.78. The molecule has 27 heavy (non-hydrogen) atoms. The highest BCUT2D eigenvalue weighted by Crippen LogP contribution is 2.21. The zero-order valence-corrected chi connectivity index (χ0v) is 15.4. The van der Waals surface area contributed by atoms with E-state index in [0.717, 1.165) is 17.6 Å². The van der Waals surface area contributed by atoms with Crippen molar-refractivity contribution in [2.45, 2.75) is 12.8 Å². The number of anilines is 1. The van der Waals surface area contributed by atoms with Gasteiger partial charge in [0.05, 0.1) is 22.5 Å². The van der Waals surface area contributed by atoms with Crippen LogP contribution in [-0.2, 0) is 4.79 Å². The van der Waals surface area contributed by atoms with Crippen LogP contribution in [-0.4, -0.2) is 52.2 Å². The second kappa shape index (κ2) is 7.75. The molecule has 0 atom stereocenters. The van der Waals surface area contributed by atoms with Crippen LogP contribution in [0, 0.1) is 10.1 Å². The SMILES string of the molecule is CN(CCN1CCCC1=O)c1cnn(-c2ccc([N+](=O)[O-])cc2)c(=O)c1Cl. The van der Waals surface area contributed by atoms with E-state index in [1.807, 2.05) is 0 Å². The number of carbonyl (C=O) groups excluding carboxylic acids is 1. The Labute approximate surface area is 159 Å². The van der Waals surface area contributed by atoms with Crippen molar-refractivity contribution in [3.8, 4) is 5.69 Å². The number of nitro groups is 1. The Balaban J connectivity index is 1.78. The van der Waals surface area contributed by atoms with Crippen molar-refractivity contribution in [2.75, 3.05) is 31.6 Å². The number of nitro benzene ring substituents is 1. The molecule has 9 nitrogen and oxygen atoms in total. The van der Waals surface area contributed by atoms with Crippen LogP contribution in [0.15, 0.2) is 35.3 Å². The standard InChI is InChI=1S/C17H18ClN5O4/c1-20(9-10-21-8-2-3-15(21)24)14-11-19-22(17(25)16(14)18)12-4-6-13(7-5-12)23(26)27/h4-7,11H,2-3,8-10H2,1H3. The van der Waals surface area contributed by atoms with Crippen molar-refractivity contribution in [1.82, 2.24) is 14.7 Å². The first-order chi connectivity index (χ1) is 12.9. The molecule has 2 heterocycles. The van der Waals surface area contributed by atoms with Gasteiger partial charge in [-0.25, -0.2) is 0 Å². The third kappa shape index (κ3) is 3.92.